The molecule has 1 aliphatic carbocycles. The molecule has 1 heterocycles. The third kappa shape index (κ3) is 5.64. The van der Waals surface area contributed by atoms with E-state index in [9.17, 15) is 0 Å². The second-order valence-electron chi connectivity index (χ2n) is 4.84. The third-order valence-corrected chi connectivity index (χ3v) is 4.01. The van der Waals surface area contributed by atoms with Crippen molar-refractivity contribution in [2.75, 3.05) is 13.1 Å². The van der Waals surface area contributed by atoms with Gasteiger partial charge in [0.2, 0.25) is 0 Å². The number of aliphatic imine (C=N–C) groups is 1. The van der Waals surface area contributed by atoms with Crippen LogP contribution in [0, 0.1) is 12.8 Å². The first-order valence-corrected chi connectivity index (χ1v) is 7.47. The zero-order valence-electron chi connectivity index (χ0n) is 11.8. The molecule has 19 heavy (non-hydrogen) atoms. The molecule has 0 aromatic carbocycles. The maximum Gasteiger partial charge on any atom is 0.191 e. The predicted molar refractivity (Wildman–Crippen MR) is 92.7 cm³/mol. The van der Waals surface area contributed by atoms with Crippen LogP contribution in [0.15, 0.2) is 11.2 Å². The first kappa shape index (κ1) is 16.7. The monoisotopic (exact) mass is 394 g/mol. The highest BCUT2D eigenvalue weighted by molar-refractivity contribution is 14.0. The smallest absolute Gasteiger partial charge is 0.191 e. The number of aromatic nitrogens is 1. The molecule has 2 rings (SSSR count). The van der Waals surface area contributed by atoms with Gasteiger partial charge in [-0.2, -0.15) is 0 Å². The van der Waals surface area contributed by atoms with Gasteiger partial charge in [0.05, 0.1) is 5.01 Å². The highest BCUT2D eigenvalue weighted by atomic mass is 127. The van der Waals surface area contributed by atoms with Gasteiger partial charge in [-0.1, -0.05) is 6.92 Å². The lowest BCUT2D eigenvalue weighted by Gasteiger charge is -2.10. The van der Waals surface area contributed by atoms with E-state index < -0.39 is 0 Å². The van der Waals surface area contributed by atoms with Crippen molar-refractivity contribution >= 4 is 41.3 Å². The highest BCUT2D eigenvalue weighted by Gasteiger charge is 2.33. The zero-order chi connectivity index (χ0) is 13.0. The van der Waals surface area contributed by atoms with Gasteiger partial charge in [-0.15, -0.1) is 35.3 Å². The minimum absolute atomic E-state index is 0. The molecule has 4 nitrogen and oxygen atoms in total. The fraction of sp³-hybridized carbons (Fsp3) is 0.692. The first-order chi connectivity index (χ1) is 8.69. The molecular weight excluding hydrogens is 371 g/mol. The van der Waals surface area contributed by atoms with Crippen LogP contribution in [0.25, 0.3) is 0 Å². The molecule has 0 spiro atoms. The van der Waals surface area contributed by atoms with Crippen LogP contribution in [-0.2, 0) is 6.42 Å². The van der Waals surface area contributed by atoms with Crippen molar-refractivity contribution in [1.82, 2.24) is 15.6 Å². The molecule has 1 fully saturated rings. The van der Waals surface area contributed by atoms with Gasteiger partial charge in [-0.05, 0) is 26.2 Å². The van der Waals surface area contributed by atoms with Gasteiger partial charge < -0.3 is 10.6 Å². The quantitative estimate of drug-likeness (QED) is 0.459. The fourth-order valence-corrected chi connectivity index (χ4v) is 2.57. The SMILES string of the molecule is CCNC(=NCCc1ncc(C)s1)NC1CC1C.I. The van der Waals surface area contributed by atoms with Crippen molar-refractivity contribution in [3.63, 3.8) is 0 Å². The molecule has 1 aromatic heterocycles. The van der Waals surface area contributed by atoms with Crippen molar-refractivity contribution in [3.8, 4) is 0 Å². The molecule has 6 heteroatoms. The largest absolute Gasteiger partial charge is 0.357 e. The number of nitrogens with one attached hydrogen (secondary N) is 2. The van der Waals surface area contributed by atoms with Crippen LogP contribution in [0.2, 0.25) is 0 Å². The highest BCUT2D eigenvalue weighted by Crippen LogP contribution is 2.28. The number of guanidine groups is 1. The molecule has 1 saturated carbocycles. The van der Waals surface area contributed by atoms with Gasteiger partial charge in [0.25, 0.3) is 0 Å². The van der Waals surface area contributed by atoms with Gasteiger partial charge in [-0.25, -0.2) is 4.98 Å². The molecule has 0 aliphatic heterocycles. The topological polar surface area (TPSA) is 49.3 Å². The van der Waals surface area contributed by atoms with Crippen molar-refractivity contribution < 1.29 is 0 Å². The number of thiazole rings is 1. The van der Waals surface area contributed by atoms with Crippen molar-refractivity contribution in [2.45, 2.75) is 39.7 Å². The van der Waals surface area contributed by atoms with Crippen molar-refractivity contribution in [3.05, 3.63) is 16.1 Å². The number of hydrogen-bond donors (Lipinski definition) is 2. The summed E-state index contributed by atoms with van der Waals surface area (Å²) in [5.41, 5.74) is 0. The minimum atomic E-state index is 0. The van der Waals surface area contributed by atoms with Gasteiger partial charge in [0.1, 0.15) is 0 Å². The Morgan fingerprint density at radius 2 is 2.32 bits per heavy atom. The Balaban J connectivity index is 0.00000180. The Bertz CT molecular complexity index is 419. The van der Waals surface area contributed by atoms with E-state index in [1.165, 1.54) is 16.3 Å². The molecule has 0 radical (unpaired) electrons. The molecule has 2 unspecified atom stereocenters. The number of aryl methyl sites for hydroxylation is 1. The lowest BCUT2D eigenvalue weighted by Crippen LogP contribution is -2.39. The van der Waals surface area contributed by atoms with E-state index in [1.54, 1.807) is 11.3 Å². The third-order valence-electron chi connectivity index (χ3n) is 3.04. The maximum atomic E-state index is 4.59. The second kappa shape index (κ2) is 8.04. The predicted octanol–water partition coefficient (Wildman–Crippen LogP) is 2.58. The summed E-state index contributed by atoms with van der Waals surface area (Å²) in [5.74, 6) is 1.73. The number of halogens is 1. The molecule has 0 amide bonds. The summed E-state index contributed by atoms with van der Waals surface area (Å²) >= 11 is 1.76. The van der Waals surface area contributed by atoms with Gasteiger partial charge in [0, 0.05) is 36.6 Å². The molecule has 0 saturated heterocycles. The number of hydrogen-bond acceptors (Lipinski definition) is 3. The Morgan fingerprint density at radius 1 is 1.58 bits per heavy atom. The Kier molecular flexibility index (Phi) is 7.06. The summed E-state index contributed by atoms with van der Waals surface area (Å²) in [7, 11) is 0. The van der Waals surface area contributed by atoms with Crippen LogP contribution in [0.1, 0.15) is 30.2 Å². The van der Waals surface area contributed by atoms with E-state index >= 15 is 0 Å². The molecule has 1 aromatic rings. The van der Waals surface area contributed by atoms with E-state index in [4.69, 9.17) is 0 Å². The average Bonchev–Trinajstić information content (AvgIpc) is 2.85. The lowest BCUT2D eigenvalue weighted by atomic mass is 10.4. The van der Waals surface area contributed by atoms with Gasteiger partial charge >= 0.3 is 0 Å². The van der Waals surface area contributed by atoms with E-state index in [1.807, 2.05) is 6.20 Å². The van der Waals surface area contributed by atoms with E-state index in [-0.39, 0.29) is 24.0 Å². The maximum absolute atomic E-state index is 4.59. The Hall–Kier alpha value is -0.370. The molecule has 2 atom stereocenters. The minimum Gasteiger partial charge on any atom is -0.357 e. The van der Waals surface area contributed by atoms with Crippen LogP contribution < -0.4 is 10.6 Å². The standard InChI is InChI=1S/C13H22N4S.HI/c1-4-14-13(17-11-7-9(11)2)15-6-5-12-16-8-10(3)18-12;/h8-9,11H,4-7H2,1-3H3,(H2,14,15,17);1H. The van der Waals surface area contributed by atoms with Crippen LogP contribution >= 0.6 is 35.3 Å². The van der Waals surface area contributed by atoms with Crippen molar-refractivity contribution in [2.24, 2.45) is 10.9 Å². The molecular formula is C13H23IN4S. The zero-order valence-corrected chi connectivity index (χ0v) is 14.9. The summed E-state index contributed by atoms with van der Waals surface area (Å²) in [5, 5.41) is 7.92. The summed E-state index contributed by atoms with van der Waals surface area (Å²) in [6, 6.07) is 0.616. The average molecular weight is 394 g/mol. The van der Waals surface area contributed by atoms with E-state index in [2.05, 4.69) is 41.4 Å². The normalized spacial score (nSPS) is 21.7. The Morgan fingerprint density at radius 3 is 2.84 bits per heavy atom. The van der Waals surface area contributed by atoms with Crippen LogP contribution in [0.5, 0.6) is 0 Å². The van der Waals surface area contributed by atoms with E-state index in [0.717, 1.165) is 31.4 Å². The Labute approximate surface area is 136 Å². The molecule has 0 bridgehead atoms. The number of rotatable bonds is 5. The van der Waals surface area contributed by atoms with Gasteiger partial charge in [0.15, 0.2) is 5.96 Å². The fourth-order valence-electron chi connectivity index (χ4n) is 1.80. The summed E-state index contributed by atoms with van der Waals surface area (Å²) < 4.78 is 0. The number of nitrogens with zero attached hydrogens (tertiary/aromatic N) is 2. The van der Waals surface area contributed by atoms with Crippen LogP contribution in [0.3, 0.4) is 0 Å². The summed E-state index contributed by atoms with van der Waals surface area (Å²) in [6.45, 7) is 8.15. The van der Waals surface area contributed by atoms with Crippen LogP contribution in [-0.4, -0.2) is 30.1 Å². The van der Waals surface area contributed by atoms with Crippen LogP contribution in [0.4, 0.5) is 0 Å². The molecule has 2 N–H and O–H groups in total. The second-order valence-corrected chi connectivity index (χ2v) is 6.16. The van der Waals surface area contributed by atoms with Crippen molar-refractivity contribution in [1.29, 1.82) is 0 Å². The summed E-state index contributed by atoms with van der Waals surface area (Å²) in [4.78, 5) is 10.2. The summed E-state index contributed by atoms with van der Waals surface area (Å²) in [6.07, 6.45) is 4.12. The molecule has 1 aliphatic rings. The van der Waals surface area contributed by atoms with E-state index in [0.29, 0.717) is 6.04 Å². The first-order valence-electron chi connectivity index (χ1n) is 6.65. The molecule has 108 valence electrons. The lowest BCUT2D eigenvalue weighted by molar-refractivity contribution is 0.764. The van der Waals surface area contributed by atoms with Gasteiger partial charge in [-0.3, -0.25) is 4.99 Å².